The Morgan fingerprint density at radius 2 is 1.85 bits per heavy atom. The van der Waals surface area contributed by atoms with E-state index in [1.54, 1.807) is 6.92 Å². The summed E-state index contributed by atoms with van der Waals surface area (Å²) in [6.45, 7) is 2.22. The van der Waals surface area contributed by atoms with Gasteiger partial charge in [-0.3, -0.25) is 4.79 Å². The van der Waals surface area contributed by atoms with Gasteiger partial charge in [-0.05, 0) is 25.1 Å². The number of rotatable bonds is 5. The van der Waals surface area contributed by atoms with Crippen LogP contribution in [0.25, 0.3) is 0 Å². The van der Waals surface area contributed by atoms with Crippen molar-refractivity contribution in [3.05, 3.63) is 28.8 Å². The monoisotopic (exact) mass is 414 g/mol. The molecule has 1 fully saturated rings. The van der Waals surface area contributed by atoms with Crippen molar-refractivity contribution in [3.8, 4) is 0 Å². The minimum atomic E-state index is -4.68. The van der Waals surface area contributed by atoms with Gasteiger partial charge >= 0.3 is 6.18 Å². The van der Waals surface area contributed by atoms with Gasteiger partial charge in [-0.15, -0.1) is 0 Å². The largest absolute Gasteiger partial charge is 0.416 e. The van der Waals surface area contributed by atoms with E-state index >= 15 is 0 Å². The van der Waals surface area contributed by atoms with Crippen molar-refractivity contribution in [1.29, 1.82) is 0 Å². The fourth-order valence-electron chi connectivity index (χ4n) is 2.47. The highest BCUT2D eigenvalue weighted by molar-refractivity contribution is 7.89. The highest BCUT2D eigenvalue weighted by Crippen LogP contribution is 2.34. The summed E-state index contributed by atoms with van der Waals surface area (Å²) in [5.74, 6) is -0.263. The van der Waals surface area contributed by atoms with Gasteiger partial charge in [0.25, 0.3) is 0 Å². The molecule has 1 heterocycles. The number of ether oxygens (including phenoxy) is 1. The molecule has 0 aromatic heterocycles. The van der Waals surface area contributed by atoms with E-state index in [4.69, 9.17) is 16.3 Å². The number of carbonyl (C=O) groups is 1. The number of sulfonamides is 1. The summed E-state index contributed by atoms with van der Waals surface area (Å²) >= 11 is 5.83. The van der Waals surface area contributed by atoms with Crippen molar-refractivity contribution in [2.75, 3.05) is 39.4 Å². The molecule has 26 heavy (non-hydrogen) atoms. The molecule has 1 aromatic carbocycles. The van der Waals surface area contributed by atoms with E-state index in [2.05, 4.69) is 0 Å². The first kappa shape index (κ1) is 20.9. The van der Waals surface area contributed by atoms with E-state index < -0.39 is 26.7 Å². The lowest BCUT2D eigenvalue weighted by Gasteiger charge is -2.34. The smallest absolute Gasteiger partial charge is 0.372 e. The van der Waals surface area contributed by atoms with Crippen LogP contribution in [0.15, 0.2) is 23.1 Å². The first-order valence-corrected chi connectivity index (χ1v) is 9.61. The molecular weight excluding hydrogens is 397 g/mol. The Hall–Kier alpha value is -1.36. The lowest BCUT2D eigenvalue weighted by atomic mass is 10.2. The zero-order chi connectivity index (χ0) is 19.5. The van der Waals surface area contributed by atoms with Crippen LogP contribution in [0.1, 0.15) is 12.5 Å². The zero-order valence-corrected chi connectivity index (χ0v) is 15.5. The topological polar surface area (TPSA) is 66.9 Å². The van der Waals surface area contributed by atoms with Gasteiger partial charge in [-0.25, -0.2) is 8.42 Å². The van der Waals surface area contributed by atoms with Crippen molar-refractivity contribution < 1.29 is 31.1 Å². The van der Waals surface area contributed by atoms with Gasteiger partial charge in [0.1, 0.15) is 11.5 Å². The molecule has 0 spiro atoms. The van der Waals surface area contributed by atoms with Gasteiger partial charge in [-0.2, -0.15) is 17.5 Å². The van der Waals surface area contributed by atoms with E-state index in [-0.39, 0.29) is 43.7 Å². The predicted octanol–water partition coefficient (Wildman–Crippen LogP) is 2.23. The number of nitrogens with zero attached hydrogens (tertiary/aromatic N) is 2. The fourth-order valence-corrected chi connectivity index (χ4v) is 4.40. The quantitative estimate of drug-likeness (QED) is 0.741. The van der Waals surface area contributed by atoms with Crippen molar-refractivity contribution in [3.63, 3.8) is 0 Å². The van der Waals surface area contributed by atoms with Crippen LogP contribution in [-0.2, 0) is 25.7 Å². The minimum absolute atomic E-state index is 0.0349. The second-order valence-electron chi connectivity index (χ2n) is 5.56. The third kappa shape index (κ3) is 4.67. The van der Waals surface area contributed by atoms with Gasteiger partial charge in [0.15, 0.2) is 0 Å². The van der Waals surface area contributed by atoms with Crippen LogP contribution >= 0.6 is 11.6 Å². The summed E-state index contributed by atoms with van der Waals surface area (Å²) in [6.07, 6.45) is -4.68. The zero-order valence-electron chi connectivity index (χ0n) is 13.9. The molecule has 1 aliphatic rings. The molecule has 0 atom stereocenters. The number of benzene rings is 1. The molecule has 11 heteroatoms. The number of halogens is 4. The molecule has 0 aliphatic carbocycles. The maximum atomic E-state index is 12.9. The Bertz CT molecular complexity index is 763. The van der Waals surface area contributed by atoms with E-state index in [1.807, 2.05) is 0 Å². The third-order valence-corrected chi connectivity index (χ3v) is 6.28. The molecule has 6 nitrogen and oxygen atoms in total. The van der Waals surface area contributed by atoms with Gasteiger partial charge < -0.3 is 9.64 Å². The Labute approximate surface area is 154 Å². The lowest BCUT2D eigenvalue weighted by Crippen LogP contribution is -2.51. The summed E-state index contributed by atoms with van der Waals surface area (Å²) < 4.78 is 70.0. The Kier molecular flexibility index (Phi) is 6.54. The van der Waals surface area contributed by atoms with Crippen LogP contribution in [0.5, 0.6) is 0 Å². The van der Waals surface area contributed by atoms with Crippen molar-refractivity contribution in [2.24, 2.45) is 0 Å². The number of amides is 1. The first-order chi connectivity index (χ1) is 12.1. The molecule has 0 unspecified atom stereocenters. The van der Waals surface area contributed by atoms with Gasteiger partial charge in [0, 0.05) is 32.8 Å². The molecule has 0 bridgehead atoms. The summed E-state index contributed by atoms with van der Waals surface area (Å²) in [5, 5.41) is -0.284. The molecule has 2 rings (SSSR count). The second-order valence-corrected chi connectivity index (χ2v) is 7.88. The molecule has 0 saturated carbocycles. The Balaban J connectivity index is 2.16. The highest BCUT2D eigenvalue weighted by atomic mass is 35.5. The van der Waals surface area contributed by atoms with E-state index in [0.717, 1.165) is 16.4 Å². The molecule has 1 aromatic rings. The standard InChI is InChI=1S/C15H18ClF3N2O4S/c1-2-25-10-14(22)20-5-7-21(8-6-20)26(23,24)13-9-11(15(17,18)19)3-4-12(13)16/h3-4,9H,2,5-8,10H2,1H3. The van der Waals surface area contributed by atoms with Crippen molar-refractivity contribution >= 4 is 27.5 Å². The van der Waals surface area contributed by atoms with E-state index in [1.165, 1.54) is 4.90 Å². The van der Waals surface area contributed by atoms with E-state index in [9.17, 15) is 26.4 Å². The number of hydrogen-bond acceptors (Lipinski definition) is 4. The van der Waals surface area contributed by atoms with E-state index in [0.29, 0.717) is 12.7 Å². The molecular formula is C15H18ClF3N2O4S. The molecule has 1 amide bonds. The normalized spacial score (nSPS) is 16.7. The third-order valence-electron chi connectivity index (χ3n) is 3.90. The maximum absolute atomic E-state index is 12.9. The number of alkyl halides is 3. The molecule has 1 aliphatic heterocycles. The molecule has 0 N–H and O–H groups in total. The highest BCUT2D eigenvalue weighted by Gasteiger charge is 2.35. The minimum Gasteiger partial charge on any atom is -0.372 e. The van der Waals surface area contributed by atoms with Crippen LogP contribution in [0.2, 0.25) is 5.02 Å². The average Bonchev–Trinajstić information content (AvgIpc) is 2.59. The van der Waals surface area contributed by atoms with Crippen molar-refractivity contribution in [2.45, 2.75) is 18.0 Å². The maximum Gasteiger partial charge on any atom is 0.416 e. The first-order valence-electron chi connectivity index (χ1n) is 7.79. The number of hydrogen-bond donors (Lipinski definition) is 0. The number of piperazine rings is 1. The second kappa shape index (κ2) is 8.12. The van der Waals surface area contributed by atoms with Crippen molar-refractivity contribution in [1.82, 2.24) is 9.21 Å². The van der Waals surface area contributed by atoms with Crippen LogP contribution in [0.4, 0.5) is 13.2 Å². The molecule has 1 saturated heterocycles. The summed E-state index contributed by atoms with van der Waals surface area (Å²) in [7, 11) is -4.21. The van der Waals surface area contributed by atoms with Crippen LogP contribution < -0.4 is 0 Å². The number of carbonyl (C=O) groups excluding carboxylic acids is 1. The Morgan fingerprint density at radius 1 is 1.23 bits per heavy atom. The van der Waals surface area contributed by atoms with Crippen LogP contribution in [-0.4, -0.2) is 62.9 Å². The van der Waals surface area contributed by atoms with Gasteiger partial charge in [0.05, 0.1) is 10.6 Å². The average molecular weight is 415 g/mol. The molecule has 0 radical (unpaired) electrons. The lowest BCUT2D eigenvalue weighted by molar-refractivity contribution is -0.138. The fraction of sp³-hybridized carbons (Fsp3) is 0.533. The Morgan fingerprint density at radius 3 is 2.38 bits per heavy atom. The SMILES string of the molecule is CCOCC(=O)N1CCN(S(=O)(=O)c2cc(C(F)(F)F)ccc2Cl)CC1. The van der Waals surface area contributed by atoms with Crippen LogP contribution in [0, 0.1) is 0 Å². The summed E-state index contributed by atoms with van der Waals surface area (Å²) in [6, 6.07) is 2.18. The molecule has 146 valence electrons. The van der Waals surface area contributed by atoms with Gasteiger partial charge in [-0.1, -0.05) is 11.6 Å². The van der Waals surface area contributed by atoms with Gasteiger partial charge in [0.2, 0.25) is 15.9 Å². The summed E-state index contributed by atoms with van der Waals surface area (Å²) in [4.78, 5) is 12.7. The van der Waals surface area contributed by atoms with Crippen LogP contribution in [0.3, 0.4) is 0 Å². The predicted molar refractivity (Wildman–Crippen MR) is 88.3 cm³/mol. The summed E-state index contributed by atoms with van der Waals surface area (Å²) in [5.41, 5.74) is -1.09.